The van der Waals surface area contributed by atoms with Gasteiger partial charge in [-0.25, -0.2) is 12.8 Å². The van der Waals surface area contributed by atoms with Gasteiger partial charge in [-0.15, -0.1) is 0 Å². The van der Waals surface area contributed by atoms with Gasteiger partial charge < -0.3 is 4.98 Å². The quantitative estimate of drug-likeness (QED) is 0.495. The van der Waals surface area contributed by atoms with E-state index in [-0.39, 0.29) is 10.7 Å². The highest BCUT2D eigenvalue weighted by Crippen LogP contribution is 2.36. The maximum atomic E-state index is 13.4. The van der Waals surface area contributed by atoms with Crippen LogP contribution >= 0.6 is 0 Å². The molecule has 0 atom stereocenters. The molecule has 4 aromatic rings. The Bertz CT molecular complexity index is 1210. The lowest BCUT2D eigenvalue weighted by atomic mass is 10.0. The summed E-state index contributed by atoms with van der Waals surface area (Å²) in [7, 11) is -3.26. The maximum absolute atomic E-state index is 13.4. The summed E-state index contributed by atoms with van der Waals surface area (Å²) in [6.07, 6.45) is 1.19. The third kappa shape index (κ3) is 3.62. The molecule has 0 spiro atoms. The molecular formula is C23H18FNO2S. The molecule has 0 amide bonds. The van der Waals surface area contributed by atoms with Crippen LogP contribution in [0.5, 0.6) is 0 Å². The molecule has 3 aromatic carbocycles. The Morgan fingerprint density at radius 3 is 1.96 bits per heavy atom. The predicted octanol–water partition coefficient (Wildman–Crippen LogP) is 5.56. The second-order valence-electron chi connectivity index (χ2n) is 6.64. The molecule has 4 rings (SSSR count). The minimum atomic E-state index is -3.26. The van der Waals surface area contributed by atoms with Crippen LogP contribution in [0.4, 0.5) is 4.39 Å². The number of halogens is 1. The first-order valence-corrected chi connectivity index (χ1v) is 10.7. The average molecular weight is 391 g/mol. The van der Waals surface area contributed by atoms with Crippen molar-refractivity contribution in [1.82, 2.24) is 4.98 Å². The number of benzene rings is 3. The zero-order chi connectivity index (χ0) is 19.7. The van der Waals surface area contributed by atoms with Gasteiger partial charge in [0.15, 0.2) is 9.84 Å². The molecule has 5 heteroatoms. The fraction of sp³-hybridized carbons (Fsp3) is 0.0435. The number of aromatic nitrogens is 1. The Morgan fingerprint density at radius 1 is 0.750 bits per heavy atom. The van der Waals surface area contributed by atoms with E-state index in [1.807, 2.05) is 36.4 Å². The Kier molecular flexibility index (Phi) is 4.61. The van der Waals surface area contributed by atoms with Crippen LogP contribution in [0.2, 0.25) is 0 Å². The van der Waals surface area contributed by atoms with Crippen molar-refractivity contribution in [3.8, 4) is 33.6 Å². The number of sulfone groups is 1. The van der Waals surface area contributed by atoms with Gasteiger partial charge >= 0.3 is 0 Å². The van der Waals surface area contributed by atoms with Crippen LogP contribution in [0, 0.1) is 5.82 Å². The highest BCUT2D eigenvalue weighted by atomic mass is 32.2. The number of rotatable bonds is 4. The van der Waals surface area contributed by atoms with E-state index in [1.165, 1.54) is 18.4 Å². The van der Waals surface area contributed by atoms with Gasteiger partial charge in [-0.3, -0.25) is 0 Å². The van der Waals surface area contributed by atoms with Gasteiger partial charge in [0.2, 0.25) is 0 Å². The second-order valence-corrected chi connectivity index (χ2v) is 8.66. The summed E-state index contributed by atoms with van der Waals surface area (Å²) >= 11 is 0. The van der Waals surface area contributed by atoms with Gasteiger partial charge in [-0.05, 0) is 59.2 Å². The Morgan fingerprint density at radius 2 is 1.36 bits per heavy atom. The van der Waals surface area contributed by atoms with Crippen LogP contribution in [-0.4, -0.2) is 19.7 Å². The molecule has 3 nitrogen and oxygen atoms in total. The highest BCUT2D eigenvalue weighted by molar-refractivity contribution is 7.90. The largest absolute Gasteiger partial charge is 0.354 e. The normalized spacial score (nSPS) is 11.5. The van der Waals surface area contributed by atoms with Crippen LogP contribution in [0.1, 0.15) is 0 Å². The third-order valence-electron chi connectivity index (χ3n) is 4.63. The lowest BCUT2D eigenvalue weighted by molar-refractivity contribution is 0.602. The SMILES string of the molecule is CS(=O)(=O)c1ccc(-c2cc(-c3ccccc3)[nH]c2-c2ccc(F)cc2)cc1. The topological polar surface area (TPSA) is 49.9 Å². The van der Waals surface area contributed by atoms with E-state index in [0.717, 1.165) is 33.6 Å². The maximum Gasteiger partial charge on any atom is 0.175 e. The van der Waals surface area contributed by atoms with E-state index >= 15 is 0 Å². The van der Waals surface area contributed by atoms with Crippen molar-refractivity contribution >= 4 is 9.84 Å². The van der Waals surface area contributed by atoms with Crippen molar-refractivity contribution < 1.29 is 12.8 Å². The zero-order valence-corrected chi connectivity index (χ0v) is 16.0. The first kappa shape index (κ1) is 18.2. The van der Waals surface area contributed by atoms with Crippen LogP contribution < -0.4 is 0 Å². The van der Waals surface area contributed by atoms with E-state index in [9.17, 15) is 12.8 Å². The minimum absolute atomic E-state index is 0.276. The summed E-state index contributed by atoms with van der Waals surface area (Å²) < 4.78 is 36.9. The number of nitrogens with one attached hydrogen (secondary N) is 1. The summed E-state index contributed by atoms with van der Waals surface area (Å²) in [4.78, 5) is 3.71. The third-order valence-corrected chi connectivity index (χ3v) is 5.76. The molecule has 0 aliphatic heterocycles. The number of aromatic amines is 1. The molecule has 0 fully saturated rings. The van der Waals surface area contributed by atoms with Crippen molar-refractivity contribution in [3.05, 3.63) is 90.7 Å². The van der Waals surface area contributed by atoms with E-state index in [1.54, 1.807) is 36.4 Å². The Labute approximate surface area is 163 Å². The molecule has 140 valence electrons. The van der Waals surface area contributed by atoms with Gasteiger partial charge in [0.05, 0.1) is 10.6 Å². The Hall–Kier alpha value is -3.18. The van der Waals surface area contributed by atoms with E-state index < -0.39 is 9.84 Å². The smallest absolute Gasteiger partial charge is 0.175 e. The second kappa shape index (κ2) is 7.09. The highest BCUT2D eigenvalue weighted by Gasteiger charge is 2.15. The molecule has 1 heterocycles. The molecule has 0 saturated carbocycles. The van der Waals surface area contributed by atoms with Crippen LogP contribution in [0.3, 0.4) is 0 Å². The van der Waals surface area contributed by atoms with Gasteiger partial charge in [0, 0.05) is 17.5 Å². The van der Waals surface area contributed by atoms with E-state index in [0.29, 0.717) is 0 Å². The predicted molar refractivity (Wildman–Crippen MR) is 110 cm³/mol. The lowest BCUT2D eigenvalue weighted by Crippen LogP contribution is -1.96. The molecule has 0 radical (unpaired) electrons. The first-order chi connectivity index (χ1) is 13.4. The molecule has 0 aliphatic carbocycles. The van der Waals surface area contributed by atoms with Crippen LogP contribution in [0.25, 0.3) is 33.6 Å². The minimum Gasteiger partial charge on any atom is -0.354 e. The van der Waals surface area contributed by atoms with E-state index in [2.05, 4.69) is 4.98 Å². The summed E-state index contributed by atoms with van der Waals surface area (Å²) in [5.41, 5.74) is 5.47. The van der Waals surface area contributed by atoms with Crippen LogP contribution in [-0.2, 0) is 9.84 Å². The van der Waals surface area contributed by atoms with Gasteiger partial charge in [-0.2, -0.15) is 0 Å². The molecule has 28 heavy (non-hydrogen) atoms. The Balaban J connectivity index is 1.87. The molecule has 1 N–H and O–H groups in total. The molecular weight excluding hydrogens is 373 g/mol. The average Bonchev–Trinajstić information content (AvgIpc) is 3.14. The van der Waals surface area contributed by atoms with Gasteiger partial charge in [0.25, 0.3) is 0 Å². The van der Waals surface area contributed by atoms with Gasteiger partial charge in [0.1, 0.15) is 5.82 Å². The van der Waals surface area contributed by atoms with E-state index in [4.69, 9.17) is 0 Å². The molecule has 1 aromatic heterocycles. The zero-order valence-electron chi connectivity index (χ0n) is 15.2. The van der Waals surface area contributed by atoms with Crippen molar-refractivity contribution in [2.45, 2.75) is 4.90 Å². The summed E-state index contributed by atoms with van der Waals surface area (Å²) in [5.74, 6) is -0.294. The molecule has 0 aliphatic rings. The van der Waals surface area contributed by atoms with Gasteiger partial charge in [-0.1, -0.05) is 42.5 Å². The lowest BCUT2D eigenvalue weighted by Gasteiger charge is -2.06. The van der Waals surface area contributed by atoms with Crippen molar-refractivity contribution in [2.75, 3.05) is 6.26 Å². The van der Waals surface area contributed by atoms with Crippen LogP contribution in [0.15, 0.2) is 89.8 Å². The summed E-state index contributed by atoms with van der Waals surface area (Å²) in [6, 6.07) is 25.0. The summed E-state index contributed by atoms with van der Waals surface area (Å²) in [6.45, 7) is 0. The number of hydrogen-bond acceptors (Lipinski definition) is 2. The number of hydrogen-bond donors (Lipinski definition) is 1. The first-order valence-electron chi connectivity index (χ1n) is 8.77. The molecule has 0 unspecified atom stereocenters. The van der Waals surface area contributed by atoms with Crippen molar-refractivity contribution in [3.63, 3.8) is 0 Å². The van der Waals surface area contributed by atoms with Crippen molar-refractivity contribution in [2.24, 2.45) is 0 Å². The fourth-order valence-electron chi connectivity index (χ4n) is 3.18. The number of H-pyrrole nitrogens is 1. The molecule has 0 bridgehead atoms. The standard InChI is InChI=1S/C23H18FNO2S/c1-28(26,27)20-13-9-16(10-14-20)21-15-22(17-5-3-2-4-6-17)25-23(21)18-7-11-19(24)12-8-18/h2-15,25H,1H3. The molecule has 0 saturated heterocycles. The fourth-order valence-corrected chi connectivity index (χ4v) is 3.81. The van der Waals surface area contributed by atoms with Crippen molar-refractivity contribution in [1.29, 1.82) is 0 Å². The monoisotopic (exact) mass is 391 g/mol. The summed E-state index contributed by atoms with van der Waals surface area (Å²) in [5, 5.41) is 0.